The molecule has 282 valence electrons. The zero-order valence-electron chi connectivity index (χ0n) is 28.8. The van der Waals surface area contributed by atoms with Gasteiger partial charge in [0.15, 0.2) is 0 Å². The monoisotopic (exact) mass is 780 g/mol. The van der Waals surface area contributed by atoms with Gasteiger partial charge in [0.2, 0.25) is 0 Å². The van der Waals surface area contributed by atoms with Crippen molar-refractivity contribution in [1.29, 1.82) is 0 Å². The maximum absolute atomic E-state index is 11.9. The first-order chi connectivity index (χ1) is 22.7. The van der Waals surface area contributed by atoms with Gasteiger partial charge in [-0.1, -0.05) is 60.3 Å². The van der Waals surface area contributed by atoms with Crippen LogP contribution in [0.3, 0.4) is 0 Å². The summed E-state index contributed by atoms with van der Waals surface area (Å²) in [6, 6.07) is 8.05. The molecule has 2 atom stereocenters. The van der Waals surface area contributed by atoms with Crippen LogP contribution in [0.5, 0.6) is 0 Å². The Bertz CT molecular complexity index is 1880. The fourth-order valence-corrected chi connectivity index (χ4v) is 9.70. The Morgan fingerprint density at radius 1 is 0.620 bits per heavy atom. The molecule has 0 aromatic heterocycles. The summed E-state index contributed by atoms with van der Waals surface area (Å²) < 4.78 is 132. The van der Waals surface area contributed by atoms with E-state index in [1.54, 1.807) is 12.1 Å². The van der Waals surface area contributed by atoms with Gasteiger partial charge in [0.1, 0.15) is 0 Å². The van der Waals surface area contributed by atoms with Crippen LogP contribution in [0.1, 0.15) is 84.3 Å². The highest BCUT2D eigenvalue weighted by molar-refractivity contribution is 7.86. The van der Waals surface area contributed by atoms with Gasteiger partial charge < -0.3 is 9.80 Å². The van der Waals surface area contributed by atoms with Crippen molar-refractivity contribution in [2.45, 2.75) is 106 Å². The van der Waals surface area contributed by atoms with Gasteiger partial charge in [-0.25, -0.2) is 0 Å². The van der Waals surface area contributed by atoms with Gasteiger partial charge in [0, 0.05) is 47.4 Å². The maximum atomic E-state index is 11.9. The number of rotatable bonds is 16. The van der Waals surface area contributed by atoms with Gasteiger partial charge in [-0.05, 0) is 66.3 Å². The molecule has 0 saturated carbocycles. The van der Waals surface area contributed by atoms with E-state index in [9.17, 15) is 51.9 Å². The highest BCUT2D eigenvalue weighted by Gasteiger charge is 2.46. The normalized spacial score (nSPS) is 20.9. The van der Waals surface area contributed by atoms with Crippen molar-refractivity contribution in [3.05, 3.63) is 47.5 Å². The first-order valence-corrected chi connectivity index (χ1v) is 22.5. The smallest absolute Gasteiger partial charge is 0.294 e. The Balaban J connectivity index is 1.44. The predicted molar refractivity (Wildman–Crippen MR) is 191 cm³/mol. The van der Waals surface area contributed by atoms with E-state index in [1.807, 2.05) is 37.5 Å². The molecular weight excluding hydrogens is 733 g/mol. The number of benzene rings is 2. The third-order valence-corrected chi connectivity index (χ3v) is 13.6. The molecule has 2 unspecified atom stereocenters. The Kier molecular flexibility index (Phi) is 11.5. The number of hydrogen-bond donors (Lipinski definition) is 4. The van der Waals surface area contributed by atoms with Gasteiger partial charge in [-0.2, -0.15) is 33.7 Å². The van der Waals surface area contributed by atoms with Gasteiger partial charge in [-0.15, -0.1) is 0 Å². The Morgan fingerprint density at radius 2 is 0.960 bits per heavy atom. The van der Waals surface area contributed by atoms with Crippen LogP contribution in [0.15, 0.2) is 46.2 Å². The molecule has 0 radical (unpaired) electrons. The molecule has 0 aliphatic carbocycles. The summed E-state index contributed by atoms with van der Waals surface area (Å²) in [6.07, 6.45) is 4.45. The van der Waals surface area contributed by atoms with E-state index in [4.69, 9.17) is 0 Å². The first-order valence-electron chi connectivity index (χ1n) is 16.4. The van der Waals surface area contributed by atoms with Gasteiger partial charge >= 0.3 is 0 Å². The summed E-state index contributed by atoms with van der Waals surface area (Å²) in [4.78, 5) is 3.26. The van der Waals surface area contributed by atoms with Crippen molar-refractivity contribution in [2.75, 3.05) is 34.4 Å². The predicted octanol–water partition coefficient (Wildman–Crippen LogP) is 4.56. The van der Waals surface area contributed by atoms with E-state index in [1.165, 1.54) is 24.3 Å². The summed E-state index contributed by atoms with van der Waals surface area (Å²) in [6.45, 7) is 9.88. The second-order valence-corrected chi connectivity index (χ2v) is 20.7. The maximum Gasteiger partial charge on any atom is 0.294 e. The van der Waals surface area contributed by atoms with Crippen LogP contribution < -0.4 is 9.80 Å². The Labute approximate surface area is 296 Å². The molecule has 2 aliphatic rings. The lowest BCUT2D eigenvalue weighted by Gasteiger charge is -2.35. The molecule has 50 heavy (non-hydrogen) atoms. The van der Waals surface area contributed by atoms with Crippen LogP contribution in [0, 0.1) is 5.92 Å². The molecule has 18 heteroatoms. The van der Waals surface area contributed by atoms with Gasteiger partial charge in [-0.3, -0.25) is 18.2 Å². The highest BCUT2D eigenvalue weighted by Crippen LogP contribution is 2.49. The zero-order chi connectivity index (χ0) is 37.7. The molecule has 2 aromatic rings. The molecule has 0 bridgehead atoms. The van der Waals surface area contributed by atoms with Crippen molar-refractivity contribution in [2.24, 2.45) is 5.92 Å². The molecule has 2 aromatic carbocycles. The van der Waals surface area contributed by atoms with E-state index in [2.05, 4.69) is 6.92 Å². The van der Waals surface area contributed by atoms with Crippen LogP contribution >= 0.6 is 0 Å². The lowest BCUT2D eigenvalue weighted by atomic mass is 9.77. The van der Waals surface area contributed by atoms with Crippen LogP contribution in [-0.2, 0) is 51.3 Å². The van der Waals surface area contributed by atoms with Gasteiger partial charge in [0.05, 0.1) is 21.3 Å². The number of fused-ring (bicyclic) bond motifs is 2. The fraction of sp³-hybridized carbons (Fsp3) is 0.625. The van der Waals surface area contributed by atoms with Crippen molar-refractivity contribution in [1.82, 2.24) is 0 Å². The zero-order valence-corrected chi connectivity index (χ0v) is 32.1. The summed E-state index contributed by atoms with van der Waals surface area (Å²) in [5, 5.41) is 0. The van der Waals surface area contributed by atoms with Crippen molar-refractivity contribution in [3.63, 3.8) is 0 Å². The second-order valence-electron chi connectivity index (χ2n) is 14.7. The topological polar surface area (TPSA) is 224 Å². The molecule has 0 amide bonds. The van der Waals surface area contributed by atoms with Crippen LogP contribution in [0.4, 0.5) is 11.4 Å². The van der Waals surface area contributed by atoms with E-state index in [0.29, 0.717) is 35.3 Å². The van der Waals surface area contributed by atoms with Crippen LogP contribution in [-0.4, -0.2) is 88.6 Å². The van der Waals surface area contributed by atoms with E-state index >= 15 is 0 Å². The third kappa shape index (κ3) is 9.18. The van der Waals surface area contributed by atoms with E-state index < -0.39 is 62.8 Å². The molecule has 2 heterocycles. The quantitative estimate of drug-likeness (QED) is 0.172. The number of nitrogens with zero attached hydrogens (tertiary/aromatic N) is 2. The van der Waals surface area contributed by atoms with Crippen molar-refractivity contribution >= 4 is 51.8 Å². The second kappa shape index (κ2) is 14.2. The molecule has 14 nitrogen and oxygen atoms in total. The largest absolute Gasteiger partial charge is 0.366 e. The molecule has 2 aliphatic heterocycles. The fourth-order valence-electron chi connectivity index (χ4n) is 7.84. The lowest BCUT2D eigenvalue weighted by molar-refractivity contribution is 0.347. The average molecular weight is 781 g/mol. The number of hydrogen-bond acceptors (Lipinski definition) is 10. The van der Waals surface area contributed by atoms with Crippen molar-refractivity contribution in [3.8, 4) is 0 Å². The summed E-state index contributed by atoms with van der Waals surface area (Å²) >= 11 is 0. The molecule has 4 rings (SSSR count). The third-order valence-electron chi connectivity index (χ3n) is 10.5. The minimum Gasteiger partial charge on any atom is -0.366 e. The standard InChI is InChI=1S/C32H48N2O12S4/c1-22(8-6-10-29-31(2,3)25-20-23(49(41,42)43)12-14-27(25)33(29)16-18-47(35,36)37)9-7-11-30-32(4,5)26-21-24(50(44,45)46)13-15-28(26)34(30)17-19-48(38,39)40/h12-15,20-22,29-30H,6-11,16-19H2,1-5H3,(H,35,36,37)(H,38,39,40)(H,41,42,43)(H,44,45,46). The minimum atomic E-state index is -4.46. The van der Waals surface area contributed by atoms with E-state index in [-0.39, 0.29) is 40.9 Å². The lowest BCUT2D eigenvalue weighted by Crippen LogP contribution is -2.43. The Morgan fingerprint density at radius 3 is 1.26 bits per heavy atom. The summed E-state index contributed by atoms with van der Waals surface area (Å²) in [5.41, 5.74) is 1.38. The average Bonchev–Trinajstić information content (AvgIpc) is 3.31. The minimum absolute atomic E-state index is 0.0000775. The van der Waals surface area contributed by atoms with Crippen molar-refractivity contribution < 1.29 is 51.9 Å². The first kappa shape index (κ1) is 40.5. The summed E-state index contributed by atoms with van der Waals surface area (Å²) in [5.74, 6) is -0.742. The molecule has 0 fully saturated rings. The van der Waals surface area contributed by atoms with Crippen LogP contribution in [0.2, 0.25) is 0 Å². The molecule has 4 N–H and O–H groups in total. The molecule has 0 saturated heterocycles. The molecule has 0 spiro atoms. The molecular formula is C32H48N2O12S4. The Hall–Kier alpha value is -2.32. The highest BCUT2D eigenvalue weighted by atomic mass is 32.2. The SMILES string of the molecule is CC(CCCC1N(CCS(=O)(=O)O)c2ccc(S(=O)(=O)O)cc2C1(C)C)CCCC1N(CCS(=O)(=O)O)c2ccc(S(=O)(=O)O)cc2C1(C)C. The van der Waals surface area contributed by atoms with Crippen LogP contribution in [0.25, 0.3) is 0 Å². The summed E-state index contributed by atoms with van der Waals surface area (Å²) in [7, 11) is -17.5. The van der Waals surface area contributed by atoms with Gasteiger partial charge in [0.25, 0.3) is 40.5 Å². The number of anilines is 2. The van der Waals surface area contributed by atoms with E-state index in [0.717, 1.165) is 25.7 Å².